The van der Waals surface area contributed by atoms with Gasteiger partial charge in [-0.15, -0.1) is 0 Å². The molecule has 1 amide bonds. The van der Waals surface area contributed by atoms with Crippen LogP contribution in [0.15, 0.2) is 18.2 Å². The number of nitrogens with one attached hydrogen (secondary N) is 1. The minimum atomic E-state index is -0.00668. The maximum atomic E-state index is 11.8. The number of rotatable bonds is 7. The largest absolute Gasteiger partial charge is 0.355 e. The molecular formula is C16H24N6OS. The SMILES string of the molecule is CCCNC(=O)CN(C)Cn1nnn(-c2cccc(C)c2C)c1=S. The van der Waals surface area contributed by atoms with Crippen LogP contribution in [0.25, 0.3) is 5.69 Å². The van der Waals surface area contributed by atoms with Crippen molar-refractivity contribution in [3.63, 3.8) is 0 Å². The zero-order valence-corrected chi connectivity index (χ0v) is 15.4. The summed E-state index contributed by atoms with van der Waals surface area (Å²) in [5.74, 6) is -0.00668. The molecule has 0 saturated carbocycles. The van der Waals surface area contributed by atoms with Gasteiger partial charge in [0.2, 0.25) is 10.7 Å². The normalized spacial score (nSPS) is 11.0. The molecule has 1 N–H and O–H groups in total. The number of benzene rings is 1. The number of aromatic nitrogens is 4. The van der Waals surface area contributed by atoms with E-state index in [1.54, 1.807) is 9.36 Å². The van der Waals surface area contributed by atoms with E-state index in [0.717, 1.165) is 17.7 Å². The van der Waals surface area contributed by atoms with Crippen molar-refractivity contribution < 1.29 is 4.79 Å². The van der Waals surface area contributed by atoms with Crippen molar-refractivity contribution in [2.45, 2.75) is 33.9 Å². The number of carbonyl (C=O) groups is 1. The summed E-state index contributed by atoms with van der Waals surface area (Å²) in [4.78, 5) is 13.6. The molecule has 1 heterocycles. The van der Waals surface area contributed by atoms with Gasteiger partial charge in [0.1, 0.15) is 0 Å². The van der Waals surface area contributed by atoms with Crippen molar-refractivity contribution in [3.05, 3.63) is 34.1 Å². The molecule has 2 rings (SSSR count). The molecule has 0 unspecified atom stereocenters. The fraction of sp³-hybridized carbons (Fsp3) is 0.500. The van der Waals surface area contributed by atoms with Gasteiger partial charge in [-0.05, 0) is 67.2 Å². The Labute approximate surface area is 147 Å². The third-order valence-corrected chi connectivity index (χ3v) is 4.19. The molecule has 0 aliphatic carbocycles. The molecule has 7 nitrogen and oxygen atoms in total. The summed E-state index contributed by atoms with van der Waals surface area (Å²) in [5.41, 5.74) is 3.22. The zero-order valence-electron chi connectivity index (χ0n) is 14.6. The second-order valence-corrected chi connectivity index (χ2v) is 6.26. The third kappa shape index (κ3) is 4.27. The van der Waals surface area contributed by atoms with Crippen LogP contribution in [-0.4, -0.2) is 50.7 Å². The van der Waals surface area contributed by atoms with Gasteiger partial charge >= 0.3 is 0 Å². The minimum Gasteiger partial charge on any atom is -0.355 e. The van der Waals surface area contributed by atoms with Crippen molar-refractivity contribution >= 4 is 18.1 Å². The molecule has 0 bridgehead atoms. The second kappa shape index (κ2) is 8.16. The molecule has 2 aromatic rings. The molecule has 0 saturated heterocycles. The highest BCUT2D eigenvalue weighted by Crippen LogP contribution is 2.16. The van der Waals surface area contributed by atoms with Crippen molar-refractivity contribution in [1.29, 1.82) is 0 Å². The Hall–Kier alpha value is -2.06. The lowest BCUT2D eigenvalue weighted by Crippen LogP contribution is -2.36. The van der Waals surface area contributed by atoms with E-state index >= 15 is 0 Å². The first-order valence-electron chi connectivity index (χ1n) is 7.98. The van der Waals surface area contributed by atoms with Crippen molar-refractivity contribution in [2.24, 2.45) is 0 Å². The second-order valence-electron chi connectivity index (χ2n) is 5.90. The number of nitrogens with zero attached hydrogens (tertiary/aromatic N) is 5. The summed E-state index contributed by atoms with van der Waals surface area (Å²) < 4.78 is 3.77. The average molecular weight is 348 g/mol. The smallest absolute Gasteiger partial charge is 0.234 e. The Morgan fingerprint density at radius 1 is 1.33 bits per heavy atom. The molecule has 8 heteroatoms. The minimum absolute atomic E-state index is 0.00668. The van der Waals surface area contributed by atoms with Gasteiger partial charge in [-0.3, -0.25) is 9.69 Å². The quantitative estimate of drug-likeness (QED) is 0.773. The predicted molar refractivity (Wildman–Crippen MR) is 95.6 cm³/mol. The molecule has 1 aromatic carbocycles. The summed E-state index contributed by atoms with van der Waals surface area (Å²) >= 11 is 5.49. The Bertz CT molecular complexity index is 766. The molecule has 1 aromatic heterocycles. The van der Waals surface area contributed by atoms with Crippen LogP contribution in [0.2, 0.25) is 0 Å². The first-order chi connectivity index (χ1) is 11.4. The fourth-order valence-electron chi connectivity index (χ4n) is 2.32. The highest BCUT2D eigenvalue weighted by Gasteiger charge is 2.12. The number of carbonyl (C=O) groups excluding carboxylic acids is 1. The lowest BCUT2D eigenvalue weighted by Gasteiger charge is -2.15. The van der Waals surface area contributed by atoms with Crippen LogP contribution in [0.3, 0.4) is 0 Å². The summed E-state index contributed by atoms with van der Waals surface area (Å²) in [7, 11) is 1.85. The number of hydrogen-bond donors (Lipinski definition) is 1. The maximum absolute atomic E-state index is 11.8. The van der Waals surface area contributed by atoms with Gasteiger partial charge in [-0.2, -0.15) is 4.68 Å². The number of hydrogen-bond acceptors (Lipinski definition) is 5. The molecule has 0 spiro atoms. The van der Waals surface area contributed by atoms with Crippen molar-refractivity contribution in [1.82, 2.24) is 30.0 Å². The topological polar surface area (TPSA) is 68.0 Å². The van der Waals surface area contributed by atoms with Gasteiger partial charge in [0.15, 0.2) is 0 Å². The molecule has 0 fully saturated rings. The van der Waals surface area contributed by atoms with E-state index in [-0.39, 0.29) is 12.5 Å². The fourth-order valence-corrected chi connectivity index (χ4v) is 2.55. The van der Waals surface area contributed by atoms with Gasteiger partial charge in [0.25, 0.3) is 0 Å². The summed E-state index contributed by atoms with van der Waals surface area (Å²) in [5, 5.41) is 11.1. The molecule has 24 heavy (non-hydrogen) atoms. The van der Waals surface area contributed by atoms with E-state index in [9.17, 15) is 4.79 Å². The molecular weight excluding hydrogens is 324 g/mol. The third-order valence-electron chi connectivity index (χ3n) is 3.80. The van der Waals surface area contributed by atoms with E-state index in [4.69, 9.17) is 12.2 Å². The van der Waals surface area contributed by atoms with Crippen LogP contribution < -0.4 is 5.32 Å². The van der Waals surface area contributed by atoms with Crippen LogP contribution in [0.4, 0.5) is 0 Å². The lowest BCUT2D eigenvalue weighted by molar-refractivity contribution is -0.122. The maximum Gasteiger partial charge on any atom is 0.234 e. The molecule has 0 radical (unpaired) electrons. The Kier molecular flexibility index (Phi) is 6.22. The molecule has 0 atom stereocenters. The van der Waals surface area contributed by atoms with E-state index in [1.807, 2.05) is 37.9 Å². The standard InChI is InChI=1S/C16H24N6OS/c1-5-9-17-15(23)10-20(4)11-21-16(24)22(19-18-21)14-8-6-7-12(2)13(14)3/h6-8H,5,9-11H2,1-4H3,(H,17,23). The van der Waals surface area contributed by atoms with Crippen LogP contribution in [0.1, 0.15) is 24.5 Å². The Morgan fingerprint density at radius 2 is 2.08 bits per heavy atom. The first-order valence-corrected chi connectivity index (χ1v) is 8.39. The number of amides is 1. The lowest BCUT2D eigenvalue weighted by atomic mass is 10.1. The van der Waals surface area contributed by atoms with Crippen molar-refractivity contribution in [2.75, 3.05) is 20.1 Å². The van der Waals surface area contributed by atoms with Crippen LogP contribution >= 0.6 is 12.2 Å². The van der Waals surface area contributed by atoms with E-state index in [0.29, 0.717) is 18.0 Å². The summed E-state index contributed by atoms with van der Waals surface area (Å²) in [6.45, 7) is 7.50. The first kappa shape index (κ1) is 18.3. The molecule has 130 valence electrons. The predicted octanol–water partition coefficient (Wildman–Crippen LogP) is 1.83. The van der Waals surface area contributed by atoms with Crippen LogP contribution in [0, 0.1) is 18.6 Å². The Balaban J connectivity index is 2.11. The highest BCUT2D eigenvalue weighted by atomic mass is 32.1. The molecule has 0 aliphatic heterocycles. The van der Waals surface area contributed by atoms with Gasteiger partial charge in [0.05, 0.1) is 18.9 Å². The monoisotopic (exact) mass is 348 g/mol. The van der Waals surface area contributed by atoms with Crippen LogP contribution in [0.5, 0.6) is 0 Å². The van der Waals surface area contributed by atoms with Gasteiger partial charge in [-0.25, -0.2) is 4.68 Å². The number of aryl methyl sites for hydroxylation is 1. The number of tetrazole rings is 1. The van der Waals surface area contributed by atoms with E-state index in [2.05, 4.69) is 28.7 Å². The van der Waals surface area contributed by atoms with Gasteiger partial charge in [-0.1, -0.05) is 19.1 Å². The van der Waals surface area contributed by atoms with Crippen molar-refractivity contribution in [3.8, 4) is 5.69 Å². The number of likely N-dealkylation sites (N-methyl/N-ethyl adjacent to an activating group) is 1. The Morgan fingerprint density at radius 3 is 2.79 bits per heavy atom. The van der Waals surface area contributed by atoms with Crippen LogP contribution in [-0.2, 0) is 11.5 Å². The van der Waals surface area contributed by atoms with E-state index in [1.165, 1.54) is 5.56 Å². The van der Waals surface area contributed by atoms with E-state index < -0.39 is 0 Å². The highest BCUT2D eigenvalue weighted by molar-refractivity contribution is 7.71. The average Bonchev–Trinajstić information content (AvgIpc) is 2.89. The van der Waals surface area contributed by atoms with Gasteiger partial charge in [0, 0.05) is 6.54 Å². The molecule has 0 aliphatic rings. The summed E-state index contributed by atoms with van der Waals surface area (Å²) in [6.07, 6.45) is 0.921. The zero-order chi connectivity index (χ0) is 17.7. The van der Waals surface area contributed by atoms with Gasteiger partial charge < -0.3 is 5.32 Å². The summed E-state index contributed by atoms with van der Waals surface area (Å²) in [6, 6.07) is 6.00.